The van der Waals surface area contributed by atoms with Crippen molar-refractivity contribution in [2.75, 3.05) is 13.7 Å². The van der Waals surface area contributed by atoms with E-state index in [2.05, 4.69) is 6.92 Å². The van der Waals surface area contributed by atoms with Crippen molar-refractivity contribution in [3.63, 3.8) is 0 Å². The lowest BCUT2D eigenvalue weighted by Crippen LogP contribution is -2.64. The molecule has 2 saturated carbocycles. The van der Waals surface area contributed by atoms with Gasteiger partial charge in [-0.15, -0.1) is 0 Å². The van der Waals surface area contributed by atoms with Gasteiger partial charge in [0.2, 0.25) is 0 Å². The fourth-order valence-corrected chi connectivity index (χ4v) is 7.19. The number of carbonyl (C=O) groups excluding carboxylic acids is 2. The number of aliphatic hydroxyl groups excluding tert-OH is 1. The molecular weight excluding hydrogens is 372 g/mol. The molecule has 160 valence electrons. The largest absolute Gasteiger partial charge is 0.469 e. The van der Waals surface area contributed by atoms with Crippen LogP contribution >= 0.6 is 0 Å². The number of aliphatic hydroxyl groups is 1. The summed E-state index contributed by atoms with van der Waals surface area (Å²) in [7, 11) is 1.41. The van der Waals surface area contributed by atoms with E-state index in [-0.39, 0.29) is 42.2 Å². The fourth-order valence-electron chi connectivity index (χ4n) is 7.19. The van der Waals surface area contributed by atoms with Gasteiger partial charge in [-0.2, -0.15) is 0 Å². The number of furan rings is 1. The zero-order valence-corrected chi connectivity index (χ0v) is 17.8. The minimum absolute atomic E-state index is 0.174. The van der Waals surface area contributed by atoms with E-state index >= 15 is 0 Å². The highest BCUT2D eigenvalue weighted by atomic mass is 16.5. The second-order valence-electron chi connectivity index (χ2n) is 9.62. The molecule has 1 aromatic rings. The zero-order valence-electron chi connectivity index (χ0n) is 17.8. The van der Waals surface area contributed by atoms with Crippen molar-refractivity contribution in [1.82, 2.24) is 0 Å². The standard InChI is InChI=1S/C23H32O6/c1-13-15-6-9-28-19(15)11-17-16(13)10-18(25)20-22(3,21(26)27-4)7-5-8-23(17,20)12-29-14(2)24/h6,9,13,16-18,20,25H,5,7-8,10-12H2,1-4H3/t13-,16-,17-,18+,20-,22-,23-/m0/s1. The van der Waals surface area contributed by atoms with E-state index in [1.807, 2.05) is 13.0 Å². The maximum atomic E-state index is 12.9. The first kappa shape index (κ1) is 20.5. The van der Waals surface area contributed by atoms with Crippen LogP contribution < -0.4 is 0 Å². The third-order valence-corrected chi connectivity index (χ3v) is 8.31. The minimum atomic E-state index is -0.801. The molecule has 0 aliphatic heterocycles. The highest BCUT2D eigenvalue weighted by Gasteiger charge is 2.66. The Morgan fingerprint density at radius 3 is 2.79 bits per heavy atom. The summed E-state index contributed by atoms with van der Waals surface area (Å²) in [6.07, 6.45) is 4.80. The summed E-state index contributed by atoms with van der Waals surface area (Å²) in [6, 6.07) is 2.03. The smallest absolute Gasteiger partial charge is 0.311 e. The molecule has 3 aliphatic rings. The molecule has 0 bridgehead atoms. The number of esters is 2. The van der Waals surface area contributed by atoms with Gasteiger partial charge in [-0.1, -0.05) is 13.3 Å². The summed E-state index contributed by atoms with van der Waals surface area (Å²) < 4.78 is 16.6. The summed E-state index contributed by atoms with van der Waals surface area (Å²) >= 11 is 0. The molecule has 4 rings (SSSR count). The molecule has 6 nitrogen and oxygen atoms in total. The molecule has 0 saturated heterocycles. The van der Waals surface area contributed by atoms with E-state index in [0.29, 0.717) is 12.8 Å². The molecule has 6 heteroatoms. The molecule has 1 aromatic heterocycles. The van der Waals surface area contributed by atoms with Crippen LogP contribution in [0.1, 0.15) is 63.7 Å². The molecule has 0 radical (unpaired) electrons. The Morgan fingerprint density at radius 2 is 2.10 bits per heavy atom. The van der Waals surface area contributed by atoms with Crippen LogP contribution in [0.2, 0.25) is 0 Å². The monoisotopic (exact) mass is 404 g/mol. The number of hydrogen-bond donors (Lipinski definition) is 1. The lowest BCUT2D eigenvalue weighted by molar-refractivity contribution is -0.213. The van der Waals surface area contributed by atoms with Crippen molar-refractivity contribution in [3.05, 3.63) is 23.7 Å². The Balaban J connectivity index is 1.83. The summed E-state index contributed by atoms with van der Waals surface area (Å²) in [4.78, 5) is 24.7. The van der Waals surface area contributed by atoms with Crippen LogP contribution in [-0.2, 0) is 25.5 Å². The summed E-state index contributed by atoms with van der Waals surface area (Å²) in [5.41, 5.74) is -0.0657. The minimum Gasteiger partial charge on any atom is -0.469 e. The molecule has 29 heavy (non-hydrogen) atoms. The number of fused-ring (bicyclic) bond motifs is 4. The average Bonchev–Trinajstić information content (AvgIpc) is 3.16. The third-order valence-electron chi connectivity index (χ3n) is 8.31. The topological polar surface area (TPSA) is 86.0 Å². The van der Waals surface area contributed by atoms with Gasteiger partial charge < -0.3 is 19.0 Å². The Morgan fingerprint density at radius 1 is 1.34 bits per heavy atom. The predicted molar refractivity (Wildman–Crippen MR) is 105 cm³/mol. The quantitative estimate of drug-likeness (QED) is 0.777. The van der Waals surface area contributed by atoms with Gasteiger partial charge in [0.05, 0.1) is 31.5 Å². The van der Waals surface area contributed by atoms with Crippen molar-refractivity contribution in [2.24, 2.45) is 28.6 Å². The molecule has 2 fully saturated rings. The van der Waals surface area contributed by atoms with E-state index in [1.165, 1.54) is 19.6 Å². The summed E-state index contributed by atoms with van der Waals surface area (Å²) in [5.74, 6) is 0.729. The summed E-state index contributed by atoms with van der Waals surface area (Å²) in [5, 5.41) is 11.4. The first-order valence-corrected chi connectivity index (χ1v) is 10.7. The average molecular weight is 405 g/mol. The van der Waals surface area contributed by atoms with Crippen LogP contribution in [0.3, 0.4) is 0 Å². The third kappa shape index (κ3) is 2.94. The number of rotatable bonds is 3. The van der Waals surface area contributed by atoms with Crippen molar-refractivity contribution < 1.29 is 28.6 Å². The second-order valence-corrected chi connectivity index (χ2v) is 9.62. The van der Waals surface area contributed by atoms with E-state index < -0.39 is 16.9 Å². The van der Waals surface area contributed by atoms with Gasteiger partial charge in [0, 0.05) is 24.7 Å². The van der Waals surface area contributed by atoms with Gasteiger partial charge in [0.1, 0.15) is 5.76 Å². The van der Waals surface area contributed by atoms with E-state index in [9.17, 15) is 14.7 Å². The number of carbonyl (C=O) groups is 2. The van der Waals surface area contributed by atoms with Gasteiger partial charge >= 0.3 is 11.9 Å². The lowest BCUT2D eigenvalue weighted by atomic mass is 9.42. The second kappa shape index (κ2) is 7.15. The van der Waals surface area contributed by atoms with Crippen LogP contribution in [0.25, 0.3) is 0 Å². The predicted octanol–water partition coefficient (Wildman–Crippen LogP) is 3.47. The lowest BCUT2D eigenvalue weighted by Gasteiger charge is -2.62. The Labute approximate surface area is 171 Å². The van der Waals surface area contributed by atoms with Crippen LogP contribution in [0.15, 0.2) is 16.7 Å². The first-order valence-electron chi connectivity index (χ1n) is 10.7. The first-order chi connectivity index (χ1) is 13.7. The Bertz CT molecular complexity index is 799. The molecule has 0 spiro atoms. The van der Waals surface area contributed by atoms with Gasteiger partial charge in [-0.3, -0.25) is 9.59 Å². The maximum absolute atomic E-state index is 12.9. The molecule has 7 atom stereocenters. The van der Waals surface area contributed by atoms with Crippen LogP contribution in [0, 0.1) is 28.6 Å². The van der Waals surface area contributed by atoms with Crippen molar-refractivity contribution in [2.45, 2.75) is 64.9 Å². The van der Waals surface area contributed by atoms with Crippen LogP contribution in [-0.4, -0.2) is 36.9 Å². The van der Waals surface area contributed by atoms with Crippen molar-refractivity contribution >= 4 is 11.9 Å². The van der Waals surface area contributed by atoms with Crippen LogP contribution in [0.4, 0.5) is 0 Å². The fraction of sp³-hybridized carbons (Fsp3) is 0.739. The molecular formula is C23H32O6. The molecule has 0 aromatic carbocycles. The molecule has 0 unspecified atom stereocenters. The SMILES string of the molecule is COC(=O)[C@@]1(C)CCC[C@@]2(COC(C)=O)[C@H]1[C@H](O)C[C@H]1[C@@H](C)c3ccoc3C[C@@H]12. The number of hydrogen-bond acceptors (Lipinski definition) is 6. The Hall–Kier alpha value is -1.82. The zero-order chi connectivity index (χ0) is 21.0. The maximum Gasteiger partial charge on any atom is 0.311 e. The van der Waals surface area contributed by atoms with E-state index in [4.69, 9.17) is 13.9 Å². The highest BCUT2D eigenvalue weighted by Crippen LogP contribution is 2.65. The molecule has 1 N–H and O–H groups in total. The number of ether oxygens (including phenoxy) is 2. The van der Waals surface area contributed by atoms with Crippen LogP contribution in [0.5, 0.6) is 0 Å². The van der Waals surface area contributed by atoms with E-state index in [1.54, 1.807) is 6.26 Å². The highest BCUT2D eigenvalue weighted by molar-refractivity contribution is 5.77. The Kier molecular flexibility index (Phi) is 5.04. The van der Waals surface area contributed by atoms with Gasteiger partial charge in [0.25, 0.3) is 0 Å². The molecule has 1 heterocycles. The van der Waals surface area contributed by atoms with Gasteiger partial charge in [0.15, 0.2) is 0 Å². The molecule has 0 amide bonds. The molecule has 3 aliphatic carbocycles. The van der Waals surface area contributed by atoms with Gasteiger partial charge in [-0.25, -0.2) is 0 Å². The summed E-state index contributed by atoms with van der Waals surface area (Å²) in [6.45, 7) is 5.75. The van der Waals surface area contributed by atoms with Crippen molar-refractivity contribution in [1.29, 1.82) is 0 Å². The number of methoxy groups -OCH3 is 1. The van der Waals surface area contributed by atoms with Crippen molar-refractivity contribution in [3.8, 4) is 0 Å². The normalized spacial score (nSPS) is 40.9. The van der Waals surface area contributed by atoms with E-state index in [0.717, 1.165) is 25.0 Å². The van der Waals surface area contributed by atoms with Gasteiger partial charge in [-0.05, 0) is 55.6 Å².